The molecule has 0 aromatic carbocycles. The predicted octanol–water partition coefficient (Wildman–Crippen LogP) is -0.232. The highest BCUT2D eigenvalue weighted by Gasteiger charge is 1.73. The molecular weight excluding hydrogens is 104 g/mol. The van der Waals surface area contributed by atoms with Crippen LogP contribution in [0.3, 0.4) is 0 Å². The van der Waals surface area contributed by atoms with E-state index in [4.69, 9.17) is 11.7 Å². The van der Waals surface area contributed by atoms with Gasteiger partial charge in [-0.3, -0.25) is 0 Å². The Kier molecular flexibility index (Phi) is 12.2. The lowest BCUT2D eigenvalue weighted by Gasteiger charge is -1.89. The third-order valence-electron chi connectivity index (χ3n) is 0.403. The molecule has 0 aromatic heterocycles. The minimum atomic E-state index is 0.523. The van der Waals surface area contributed by atoms with Gasteiger partial charge < -0.3 is 11.3 Å². The highest BCUT2D eigenvalue weighted by molar-refractivity contribution is 5.78. The maximum atomic E-state index is 4.82. The third kappa shape index (κ3) is 8.97. The Labute approximate surface area is 49.9 Å². The highest BCUT2D eigenvalue weighted by atomic mass is 15.3. The summed E-state index contributed by atoms with van der Waals surface area (Å²) in [6.45, 7) is 5.67. The molecule has 0 spiro atoms. The van der Waals surface area contributed by atoms with E-state index in [1.807, 2.05) is 13.8 Å². The first-order chi connectivity index (χ1) is 3.81. The van der Waals surface area contributed by atoms with Crippen molar-refractivity contribution in [3.63, 3.8) is 0 Å². The summed E-state index contributed by atoms with van der Waals surface area (Å²) in [6, 6.07) is 0. The van der Waals surface area contributed by atoms with E-state index in [1.54, 1.807) is 6.92 Å². The summed E-state index contributed by atoms with van der Waals surface area (Å²) < 4.78 is 0. The van der Waals surface area contributed by atoms with Crippen molar-refractivity contribution >= 4 is 5.84 Å². The molecular formula is C4H14N4. The van der Waals surface area contributed by atoms with E-state index in [0.717, 1.165) is 0 Å². The van der Waals surface area contributed by atoms with Crippen LogP contribution >= 0.6 is 0 Å². The summed E-state index contributed by atoms with van der Waals surface area (Å²) in [5.41, 5.74) is 2.24. The van der Waals surface area contributed by atoms with E-state index < -0.39 is 0 Å². The first-order valence-corrected chi connectivity index (χ1v) is 2.52. The van der Waals surface area contributed by atoms with Gasteiger partial charge in [0.2, 0.25) is 0 Å². The van der Waals surface area contributed by atoms with Crippen LogP contribution in [0.2, 0.25) is 0 Å². The van der Waals surface area contributed by atoms with Crippen molar-refractivity contribution < 1.29 is 0 Å². The van der Waals surface area contributed by atoms with Gasteiger partial charge in [0.05, 0.1) is 0 Å². The van der Waals surface area contributed by atoms with E-state index in [9.17, 15) is 0 Å². The van der Waals surface area contributed by atoms with Crippen LogP contribution in [0.1, 0.15) is 20.8 Å². The minimum Gasteiger partial charge on any atom is -0.322 e. The minimum absolute atomic E-state index is 0.523. The fraction of sp³-hybridized carbons (Fsp3) is 0.750. The lowest BCUT2D eigenvalue weighted by molar-refractivity contribution is 0.995. The fourth-order valence-electron chi connectivity index (χ4n) is 0.0373. The molecule has 4 heteroatoms. The van der Waals surface area contributed by atoms with E-state index in [0.29, 0.717) is 5.84 Å². The summed E-state index contributed by atoms with van der Waals surface area (Å²) in [4.78, 5) is 0. The number of hydrazine groups is 1. The number of hydrogen-bond acceptors (Lipinski definition) is 3. The van der Waals surface area contributed by atoms with Crippen molar-refractivity contribution in [1.82, 2.24) is 5.43 Å². The molecule has 0 rings (SSSR count). The molecule has 4 nitrogen and oxygen atoms in total. The van der Waals surface area contributed by atoms with E-state index >= 15 is 0 Å². The van der Waals surface area contributed by atoms with Gasteiger partial charge in [0, 0.05) is 0 Å². The quantitative estimate of drug-likeness (QED) is 0.178. The van der Waals surface area contributed by atoms with Gasteiger partial charge in [0.15, 0.2) is 0 Å². The lowest BCUT2D eigenvalue weighted by Crippen LogP contribution is -2.28. The van der Waals surface area contributed by atoms with Crippen LogP contribution in [0.15, 0.2) is 5.10 Å². The zero-order valence-electron chi connectivity index (χ0n) is 5.60. The lowest BCUT2D eigenvalue weighted by atomic mass is 10.7. The van der Waals surface area contributed by atoms with Gasteiger partial charge in [-0.1, -0.05) is 13.8 Å². The number of rotatable bonds is 0. The number of nitrogens with one attached hydrogen (secondary N) is 1. The second-order valence-corrected chi connectivity index (χ2v) is 0.859. The second kappa shape index (κ2) is 9.52. The Bertz CT molecular complexity index is 59.1. The summed E-state index contributed by atoms with van der Waals surface area (Å²) >= 11 is 0. The smallest absolute Gasteiger partial charge is 0.132 e. The maximum Gasteiger partial charge on any atom is 0.132 e. The molecule has 0 heterocycles. The Morgan fingerprint density at radius 1 is 1.50 bits per heavy atom. The van der Waals surface area contributed by atoms with Gasteiger partial charge in [-0.05, 0) is 6.92 Å². The van der Waals surface area contributed by atoms with E-state index in [2.05, 4.69) is 10.5 Å². The molecule has 5 N–H and O–H groups in total. The molecule has 0 aliphatic heterocycles. The summed E-state index contributed by atoms with van der Waals surface area (Å²) in [5.74, 6) is 10.1. The predicted molar refractivity (Wildman–Crippen MR) is 36.0 cm³/mol. The van der Waals surface area contributed by atoms with Gasteiger partial charge >= 0.3 is 0 Å². The van der Waals surface area contributed by atoms with Crippen molar-refractivity contribution in [3.8, 4) is 0 Å². The molecule has 0 radical (unpaired) electrons. The third-order valence-corrected chi connectivity index (χ3v) is 0.403. The van der Waals surface area contributed by atoms with Crippen molar-refractivity contribution in [2.45, 2.75) is 20.8 Å². The first kappa shape index (κ1) is 10.3. The topological polar surface area (TPSA) is 76.4 Å². The molecule has 0 amide bonds. The van der Waals surface area contributed by atoms with Crippen LogP contribution in [0, 0.1) is 0 Å². The van der Waals surface area contributed by atoms with E-state index in [1.165, 1.54) is 0 Å². The van der Waals surface area contributed by atoms with Gasteiger partial charge in [-0.15, -0.1) is 0 Å². The van der Waals surface area contributed by atoms with Crippen molar-refractivity contribution in [2.75, 3.05) is 0 Å². The van der Waals surface area contributed by atoms with Gasteiger partial charge in [-0.25, -0.2) is 5.84 Å². The number of nitrogens with two attached hydrogens (primary N) is 2. The van der Waals surface area contributed by atoms with Crippen LogP contribution < -0.4 is 17.1 Å². The van der Waals surface area contributed by atoms with Gasteiger partial charge in [-0.2, -0.15) is 5.10 Å². The molecule has 8 heavy (non-hydrogen) atoms. The standard InChI is InChI=1S/C2H8N4.C2H6/c1-2(5-3)6-4;1-2/h3-4H2,1H3,(H,5,6);1-2H3. The Balaban J connectivity index is 0. The number of nitrogens with zero attached hydrogens (tertiary/aromatic N) is 1. The van der Waals surface area contributed by atoms with Gasteiger partial charge in [0.25, 0.3) is 0 Å². The maximum absolute atomic E-state index is 4.82. The Hall–Kier alpha value is -0.770. The number of hydrogen-bond donors (Lipinski definition) is 3. The summed E-state index contributed by atoms with van der Waals surface area (Å²) in [7, 11) is 0. The molecule has 0 fully saturated rings. The largest absolute Gasteiger partial charge is 0.322 e. The molecule has 0 atom stereocenters. The Morgan fingerprint density at radius 3 is 1.88 bits per heavy atom. The molecule has 0 saturated heterocycles. The molecule has 0 unspecified atom stereocenters. The monoisotopic (exact) mass is 118 g/mol. The number of hydrazone groups is 1. The SMILES string of the molecule is C/C(=N/N)NN.CC. The molecule has 0 saturated carbocycles. The average Bonchev–Trinajstić information content (AvgIpc) is 1.91. The van der Waals surface area contributed by atoms with Crippen LogP contribution in [0.4, 0.5) is 0 Å². The van der Waals surface area contributed by atoms with Gasteiger partial charge in [0.1, 0.15) is 5.84 Å². The average molecular weight is 118 g/mol. The molecule has 0 aromatic rings. The highest BCUT2D eigenvalue weighted by Crippen LogP contribution is 1.52. The van der Waals surface area contributed by atoms with Crippen molar-refractivity contribution in [2.24, 2.45) is 16.8 Å². The first-order valence-electron chi connectivity index (χ1n) is 2.52. The zero-order valence-corrected chi connectivity index (χ0v) is 5.60. The van der Waals surface area contributed by atoms with Crippen molar-refractivity contribution in [3.05, 3.63) is 0 Å². The van der Waals surface area contributed by atoms with Crippen LogP contribution in [-0.2, 0) is 0 Å². The second-order valence-electron chi connectivity index (χ2n) is 0.859. The fourth-order valence-corrected chi connectivity index (χ4v) is 0.0373. The molecule has 0 aliphatic carbocycles. The van der Waals surface area contributed by atoms with Crippen LogP contribution in [0.25, 0.3) is 0 Å². The Morgan fingerprint density at radius 2 is 1.88 bits per heavy atom. The van der Waals surface area contributed by atoms with Crippen LogP contribution in [-0.4, -0.2) is 5.84 Å². The summed E-state index contributed by atoms with van der Waals surface area (Å²) in [5, 5.41) is 3.19. The van der Waals surface area contributed by atoms with Crippen molar-refractivity contribution in [1.29, 1.82) is 0 Å². The molecule has 0 aliphatic rings. The summed E-state index contributed by atoms with van der Waals surface area (Å²) in [6.07, 6.45) is 0. The normalized spacial score (nSPS) is 9.25. The number of amidine groups is 1. The molecule has 50 valence electrons. The van der Waals surface area contributed by atoms with E-state index in [-0.39, 0.29) is 0 Å². The van der Waals surface area contributed by atoms with Crippen LogP contribution in [0.5, 0.6) is 0 Å². The molecule has 0 bridgehead atoms. The zero-order chi connectivity index (χ0) is 6.99.